The highest BCUT2D eigenvalue weighted by molar-refractivity contribution is 4.96. The van der Waals surface area contributed by atoms with Gasteiger partial charge in [-0.3, -0.25) is 0 Å². The normalized spacial score (nSPS) is 40.7. The van der Waals surface area contributed by atoms with Gasteiger partial charge in [-0.05, 0) is 49.9 Å². The number of rotatable bonds is 4. The van der Waals surface area contributed by atoms with Crippen LogP contribution in [-0.4, -0.2) is 18.6 Å². The molecule has 0 aromatic rings. The Morgan fingerprint density at radius 2 is 1.88 bits per heavy atom. The average molecular weight is 222 g/mol. The Hall–Kier alpha value is -0.0800. The molecule has 0 heterocycles. The summed E-state index contributed by atoms with van der Waals surface area (Å²) in [7, 11) is 0. The average Bonchev–Trinajstić information content (AvgIpc) is 3.01. The third kappa shape index (κ3) is 2.02. The fourth-order valence-electron chi connectivity index (χ4n) is 4.48. The Morgan fingerprint density at radius 3 is 2.44 bits per heavy atom. The van der Waals surface area contributed by atoms with Gasteiger partial charge in [0, 0.05) is 18.6 Å². The summed E-state index contributed by atoms with van der Waals surface area (Å²) in [5.74, 6) is 2.91. The van der Waals surface area contributed by atoms with Gasteiger partial charge in [-0.1, -0.05) is 19.3 Å². The second-order valence-corrected chi connectivity index (χ2v) is 6.33. The maximum atomic E-state index is 5.97. The zero-order valence-electron chi connectivity index (χ0n) is 10.3. The maximum Gasteiger partial charge on any atom is 0.0221 e. The molecule has 3 aliphatic carbocycles. The largest absolute Gasteiger partial charge is 0.329 e. The van der Waals surface area contributed by atoms with Crippen molar-refractivity contribution in [3.8, 4) is 0 Å². The molecule has 3 aliphatic rings. The lowest BCUT2D eigenvalue weighted by atomic mass is 9.91. The lowest BCUT2D eigenvalue weighted by Gasteiger charge is -2.31. The van der Waals surface area contributed by atoms with E-state index in [1.54, 1.807) is 0 Å². The first-order chi connectivity index (χ1) is 7.86. The van der Waals surface area contributed by atoms with E-state index in [-0.39, 0.29) is 0 Å². The number of nitrogens with one attached hydrogen (secondary N) is 1. The van der Waals surface area contributed by atoms with Crippen molar-refractivity contribution in [2.24, 2.45) is 23.5 Å². The van der Waals surface area contributed by atoms with Crippen LogP contribution in [0.2, 0.25) is 0 Å². The van der Waals surface area contributed by atoms with Crippen LogP contribution < -0.4 is 11.1 Å². The molecule has 4 unspecified atom stereocenters. The topological polar surface area (TPSA) is 38.0 Å². The van der Waals surface area contributed by atoms with Gasteiger partial charge in [0.05, 0.1) is 0 Å². The fraction of sp³-hybridized carbons (Fsp3) is 1.00. The van der Waals surface area contributed by atoms with E-state index < -0.39 is 0 Å². The molecular formula is C14H26N2. The summed E-state index contributed by atoms with van der Waals surface area (Å²) in [5, 5.41) is 3.91. The number of hydrogen-bond donors (Lipinski definition) is 2. The molecule has 2 bridgehead atoms. The van der Waals surface area contributed by atoms with E-state index in [4.69, 9.17) is 5.73 Å². The molecule has 0 radical (unpaired) electrons. The summed E-state index contributed by atoms with van der Waals surface area (Å²) in [6.45, 7) is 0.846. The van der Waals surface area contributed by atoms with Crippen LogP contribution in [0, 0.1) is 17.8 Å². The molecule has 0 spiro atoms. The Kier molecular flexibility index (Phi) is 3.21. The highest BCUT2D eigenvalue weighted by Gasteiger charge is 2.40. The molecule has 0 aromatic carbocycles. The summed E-state index contributed by atoms with van der Waals surface area (Å²) < 4.78 is 0. The highest BCUT2D eigenvalue weighted by atomic mass is 15.0. The molecule has 3 rings (SSSR count). The second-order valence-electron chi connectivity index (χ2n) is 6.33. The van der Waals surface area contributed by atoms with E-state index in [0.717, 1.165) is 30.3 Å². The van der Waals surface area contributed by atoms with Crippen LogP contribution in [0.25, 0.3) is 0 Å². The van der Waals surface area contributed by atoms with E-state index in [0.29, 0.717) is 6.04 Å². The molecule has 3 N–H and O–H groups in total. The van der Waals surface area contributed by atoms with Gasteiger partial charge in [0.25, 0.3) is 0 Å². The molecule has 2 nitrogen and oxygen atoms in total. The van der Waals surface area contributed by atoms with Crippen LogP contribution in [0.1, 0.15) is 51.4 Å². The van der Waals surface area contributed by atoms with E-state index >= 15 is 0 Å². The number of fused-ring (bicyclic) bond motifs is 2. The summed E-state index contributed by atoms with van der Waals surface area (Å²) in [6.07, 6.45) is 11.6. The van der Waals surface area contributed by atoms with Gasteiger partial charge in [-0.15, -0.1) is 0 Å². The van der Waals surface area contributed by atoms with Crippen molar-refractivity contribution in [2.45, 2.75) is 63.5 Å². The minimum absolute atomic E-state index is 0.617. The van der Waals surface area contributed by atoms with Crippen molar-refractivity contribution in [2.75, 3.05) is 6.54 Å². The van der Waals surface area contributed by atoms with Crippen LogP contribution in [-0.2, 0) is 0 Å². The predicted octanol–water partition coefficient (Wildman–Crippen LogP) is 2.28. The molecule has 2 heteroatoms. The molecular weight excluding hydrogens is 196 g/mol. The zero-order valence-corrected chi connectivity index (χ0v) is 10.3. The van der Waals surface area contributed by atoms with Crippen molar-refractivity contribution in [1.29, 1.82) is 0 Å². The number of hydrogen-bond acceptors (Lipinski definition) is 2. The summed E-state index contributed by atoms with van der Waals surface area (Å²) in [4.78, 5) is 0. The van der Waals surface area contributed by atoms with E-state index in [1.165, 1.54) is 51.4 Å². The third-order valence-electron chi connectivity index (χ3n) is 5.39. The Labute approximate surface area is 99.4 Å². The van der Waals surface area contributed by atoms with Crippen molar-refractivity contribution >= 4 is 0 Å². The second kappa shape index (κ2) is 4.66. The van der Waals surface area contributed by atoms with Crippen LogP contribution >= 0.6 is 0 Å². The van der Waals surface area contributed by atoms with Gasteiger partial charge in [-0.25, -0.2) is 0 Å². The summed E-state index contributed by atoms with van der Waals surface area (Å²) >= 11 is 0. The molecule has 4 atom stereocenters. The van der Waals surface area contributed by atoms with Crippen molar-refractivity contribution in [3.05, 3.63) is 0 Å². The van der Waals surface area contributed by atoms with E-state index in [9.17, 15) is 0 Å². The predicted molar refractivity (Wildman–Crippen MR) is 67.2 cm³/mol. The zero-order chi connectivity index (χ0) is 11.0. The van der Waals surface area contributed by atoms with Gasteiger partial charge < -0.3 is 11.1 Å². The standard InChI is InChI=1S/C14H26N2/c15-9-14(11-3-1-2-4-11)16-13-8-10-5-6-12(13)7-10/h10-14,16H,1-9,15H2. The van der Waals surface area contributed by atoms with Gasteiger partial charge in [0.1, 0.15) is 0 Å². The van der Waals surface area contributed by atoms with Crippen molar-refractivity contribution in [1.82, 2.24) is 5.32 Å². The molecule has 3 fully saturated rings. The SMILES string of the molecule is NCC(NC1CC2CCC1C2)C1CCCC1. The van der Waals surface area contributed by atoms with Crippen LogP contribution in [0.4, 0.5) is 0 Å². The molecule has 3 saturated carbocycles. The molecule has 0 aliphatic heterocycles. The lowest BCUT2D eigenvalue weighted by Crippen LogP contribution is -2.48. The minimum atomic E-state index is 0.617. The van der Waals surface area contributed by atoms with Gasteiger partial charge in [0.15, 0.2) is 0 Å². The van der Waals surface area contributed by atoms with Gasteiger partial charge >= 0.3 is 0 Å². The summed E-state index contributed by atoms with van der Waals surface area (Å²) in [5.41, 5.74) is 5.97. The first-order valence-electron chi connectivity index (χ1n) is 7.33. The Morgan fingerprint density at radius 1 is 1.06 bits per heavy atom. The van der Waals surface area contributed by atoms with Crippen LogP contribution in [0.15, 0.2) is 0 Å². The van der Waals surface area contributed by atoms with Gasteiger partial charge in [-0.2, -0.15) is 0 Å². The Balaban J connectivity index is 1.55. The van der Waals surface area contributed by atoms with Crippen LogP contribution in [0.3, 0.4) is 0 Å². The van der Waals surface area contributed by atoms with E-state index in [1.807, 2.05) is 0 Å². The molecule has 92 valence electrons. The Bertz CT molecular complexity index is 235. The van der Waals surface area contributed by atoms with Gasteiger partial charge in [0.2, 0.25) is 0 Å². The maximum absolute atomic E-state index is 5.97. The highest BCUT2D eigenvalue weighted by Crippen LogP contribution is 2.45. The number of nitrogens with two attached hydrogens (primary N) is 1. The van der Waals surface area contributed by atoms with Crippen LogP contribution in [0.5, 0.6) is 0 Å². The quantitative estimate of drug-likeness (QED) is 0.766. The van der Waals surface area contributed by atoms with Crippen molar-refractivity contribution in [3.63, 3.8) is 0 Å². The fourth-order valence-corrected chi connectivity index (χ4v) is 4.48. The molecule has 0 aromatic heterocycles. The smallest absolute Gasteiger partial charge is 0.0221 e. The molecule has 0 saturated heterocycles. The van der Waals surface area contributed by atoms with Crippen molar-refractivity contribution < 1.29 is 0 Å². The molecule has 16 heavy (non-hydrogen) atoms. The monoisotopic (exact) mass is 222 g/mol. The molecule has 0 amide bonds. The van der Waals surface area contributed by atoms with E-state index in [2.05, 4.69) is 5.32 Å². The lowest BCUT2D eigenvalue weighted by molar-refractivity contribution is 0.271. The first kappa shape index (κ1) is 11.0. The minimum Gasteiger partial charge on any atom is -0.329 e. The first-order valence-corrected chi connectivity index (χ1v) is 7.33. The third-order valence-corrected chi connectivity index (χ3v) is 5.39. The summed E-state index contributed by atoms with van der Waals surface area (Å²) in [6, 6.07) is 1.43.